The topological polar surface area (TPSA) is 24.9 Å². The minimum atomic E-state index is 0.636. The van der Waals surface area contributed by atoms with E-state index in [0.717, 1.165) is 28.9 Å². The summed E-state index contributed by atoms with van der Waals surface area (Å²) in [6.45, 7) is 3.16. The molecule has 1 aromatic carbocycles. The van der Waals surface area contributed by atoms with Crippen molar-refractivity contribution in [2.24, 2.45) is 0 Å². The second kappa shape index (κ2) is 6.01. The Morgan fingerprint density at radius 1 is 1.25 bits per heavy atom. The van der Waals surface area contributed by atoms with Gasteiger partial charge in [-0.1, -0.05) is 31.4 Å². The van der Waals surface area contributed by atoms with Crippen LogP contribution in [0.2, 0.25) is 5.02 Å². The third-order valence-corrected chi connectivity index (χ3v) is 4.36. The van der Waals surface area contributed by atoms with Crippen LogP contribution in [0.5, 0.6) is 0 Å². The number of benzene rings is 1. The van der Waals surface area contributed by atoms with Gasteiger partial charge in [0.15, 0.2) is 0 Å². The molecule has 1 aliphatic rings. The van der Waals surface area contributed by atoms with Crippen molar-refractivity contribution >= 4 is 28.2 Å². The monoisotopic (exact) mass is 288 g/mol. The van der Waals surface area contributed by atoms with E-state index in [0.29, 0.717) is 5.92 Å². The number of hydrogen-bond donors (Lipinski definition) is 1. The average Bonchev–Trinajstić information content (AvgIpc) is 2.99. The van der Waals surface area contributed by atoms with Crippen molar-refractivity contribution in [1.29, 1.82) is 0 Å². The van der Waals surface area contributed by atoms with E-state index < -0.39 is 0 Å². The molecule has 2 nitrogen and oxygen atoms in total. The summed E-state index contributed by atoms with van der Waals surface area (Å²) in [7, 11) is 0. The molecule has 2 aromatic rings. The molecule has 0 spiro atoms. The molecule has 0 bridgehead atoms. The second-order valence-electron chi connectivity index (χ2n) is 5.66. The first-order valence-electron chi connectivity index (χ1n) is 7.62. The highest BCUT2D eigenvalue weighted by molar-refractivity contribution is 6.31. The maximum atomic E-state index is 6.14. The van der Waals surface area contributed by atoms with Gasteiger partial charge in [0, 0.05) is 34.3 Å². The van der Waals surface area contributed by atoms with E-state index >= 15 is 0 Å². The summed E-state index contributed by atoms with van der Waals surface area (Å²) in [4.78, 5) is 4.87. The predicted octanol–water partition coefficient (Wildman–Crippen LogP) is 5.37. The lowest BCUT2D eigenvalue weighted by molar-refractivity contribution is 0.701. The summed E-state index contributed by atoms with van der Waals surface area (Å²) in [5.74, 6) is 0.636. The summed E-state index contributed by atoms with van der Waals surface area (Å²) >= 11 is 6.14. The molecule has 3 rings (SSSR count). The molecular formula is C17H21ClN2. The molecule has 1 aliphatic carbocycles. The van der Waals surface area contributed by atoms with Crippen molar-refractivity contribution in [1.82, 2.24) is 4.98 Å². The SMILES string of the molecule is CCCNc1cc(C2CCCC2)nc2ccc(Cl)cc12. The zero-order valence-electron chi connectivity index (χ0n) is 12.0. The standard InChI is InChI=1S/C17H21ClN2/c1-2-9-19-17-11-16(12-5-3-4-6-12)20-15-8-7-13(18)10-14(15)17/h7-8,10-12H,2-6,9H2,1H3,(H,19,20). The first-order valence-corrected chi connectivity index (χ1v) is 8.00. The van der Waals surface area contributed by atoms with Crippen molar-refractivity contribution in [3.8, 4) is 0 Å². The van der Waals surface area contributed by atoms with Crippen molar-refractivity contribution in [2.75, 3.05) is 11.9 Å². The summed E-state index contributed by atoms with van der Waals surface area (Å²) in [5.41, 5.74) is 3.48. The zero-order chi connectivity index (χ0) is 13.9. The van der Waals surface area contributed by atoms with Gasteiger partial charge in [-0.3, -0.25) is 4.98 Å². The van der Waals surface area contributed by atoms with E-state index in [9.17, 15) is 0 Å². The Morgan fingerprint density at radius 3 is 2.80 bits per heavy atom. The summed E-state index contributed by atoms with van der Waals surface area (Å²) in [5, 5.41) is 5.43. The number of nitrogens with one attached hydrogen (secondary N) is 1. The van der Waals surface area contributed by atoms with E-state index in [2.05, 4.69) is 18.3 Å². The van der Waals surface area contributed by atoms with Crippen LogP contribution in [0.4, 0.5) is 5.69 Å². The van der Waals surface area contributed by atoms with Crippen LogP contribution >= 0.6 is 11.6 Å². The van der Waals surface area contributed by atoms with Crippen LogP contribution in [0.15, 0.2) is 24.3 Å². The second-order valence-corrected chi connectivity index (χ2v) is 6.10. The number of fused-ring (bicyclic) bond motifs is 1. The van der Waals surface area contributed by atoms with Crippen LogP contribution in [0, 0.1) is 0 Å². The van der Waals surface area contributed by atoms with E-state index in [1.807, 2.05) is 18.2 Å². The maximum absolute atomic E-state index is 6.14. The smallest absolute Gasteiger partial charge is 0.0727 e. The fourth-order valence-electron chi connectivity index (χ4n) is 3.06. The van der Waals surface area contributed by atoms with Gasteiger partial charge in [-0.2, -0.15) is 0 Å². The first-order chi connectivity index (χ1) is 9.78. The minimum Gasteiger partial charge on any atom is -0.384 e. The van der Waals surface area contributed by atoms with Gasteiger partial charge in [0.2, 0.25) is 0 Å². The molecular weight excluding hydrogens is 268 g/mol. The van der Waals surface area contributed by atoms with Crippen molar-refractivity contribution < 1.29 is 0 Å². The van der Waals surface area contributed by atoms with Gasteiger partial charge in [-0.15, -0.1) is 0 Å². The summed E-state index contributed by atoms with van der Waals surface area (Å²) in [6, 6.07) is 8.22. The Kier molecular flexibility index (Phi) is 4.11. The highest BCUT2D eigenvalue weighted by Crippen LogP contribution is 2.36. The summed E-state index contributed by atoms with van der Waals surface area (Å²) < 4.78 is 0. The number of aromatic nitrogens is 1. The molecule has 1 aromatic heterocycles. The molecule has 0 aliphatic heterocycles. The Hall–Kier alpha value is -1.28. The molecule has 1 heterocycles. The van der Waals surface area contributed by atoms with E-state index in [1.165, 1.54) is 37.1 Å². The van der Waals surface area contributed by atoms with Gasteiger partial charge < -0.3 is 5.32 Å². The largest absolute Gasteiger partial charge is 0.384 e. The number of pyridine rings is 1. The third kappa shape index (κ3) is 2.76. The molecule has 1 N–H and O–H groups in total. The van der Waals surface area contributed by atoms with Gasteiger partial charge in [0.1, 0.15) is 0 Å². The highest BCUT2D eigenvalue weighted by Gasteiger charge is 2.19. The number of halogens is 1. The van der Waals surface area contributed by atoms with Crippen LogP contribution in [-0.2, 0) is 0 Å². The molecule has 0 saturated heterocycles. The number of anilines is 1. The van der Waals surface area contributed by atoms with Crippen LogP contribution in [0.1, 0.15) is 50.6 Å². The molecule has 106 valence electrons. The lowest BCUT2D eigenvalue weighted by Gasteiger charge is -2.15. The van der Waals surface area contributed by atoms with Crippen LogP contribution in [0.25, 0.3) is 10.9 Å². The molecule has 0 radical (unpaired) electrons. The summed E-state index contributed by atoms with van der Waals surface area (Å²) in [6.07, 6.45) is 6.34. The molecule has 0 unspecified atom stereocenters. The van der Waals surface area contributed by atoms with Gasteiger partial charge in [-0.05, 0) is 43.5 Å². The van der Waals surface area contributed by atoms with Gasteiger partial charge in [0.05, 0.1) is 5.52 Å². The molecule has 3 heteroatoms. The van der Waals surface area contributed by atoms with E-state index in [4.69, 9.17) is 16.6 Å². The molecule has 1 fully saturated rings. The normalized spacial score (nSPS) is 15.9. The Labute approximate surface area is 125 Å². The van der Waals surface area contributed by atoms with Crippen molar-refractivity contribution in [2.45, 2.75) is 44.9 Å². The average molecular weight is 289 g/mol. The lowest BCUT2D eigenvalue weighted by atomic mass is 10.0. The quantitative estimate of drug-likeness (QED) is 0.818. The number of rotatable bonds is 4. The third-order valence-electron chi connectivity index (χ3n) is 4.13. The first kappa shape index (κ1) is 13.7. The van der Waals surface area contributed by atoms with E-state index in [-0.39, 0.29) is 0 Å². The van der Waals surface area contributed by atoms with Gasteiger partial charge in [0.25, 0.3) is 0 Å². The van der Waals surface area contributed by atoms with Crippen LogP contribution < -0.4 is 5.32 Å². The lowest BCUT2D eigenvalue weighted by Crippen LogP contribution is -2.04. The number of hydrogen-bond acceptors (Lipinski definition) is 2. The van der Waals surface area contributed by atoms with Gasteiger partial charge in [-0.25, -0.2) is 0 Å². The Bertz CT molecular complexity index is 603. The van der Waals surface area contributed by atoms with Gasteiger partial charge >= 0.3 is 0 Å². The molecule has 0 amide bonds. The highest BCUT2D eigenvalue weighted by atomic mass is 35.5. The fourth-order valence-corrected chi connectivity index (χ4v) is 3.23. The van der Waals surface area contributed by atoms with E-state index in [1.54, 1.807) is 0 Å². The predicted molar refractivity (Wildman–Crippen MR) is 86.7 cm³/mol. The minimum absolute atomic E-state index is 0.636. The van der Waals surface area contributed by atoms with Crippen molar-refractivity contribution in [3.63, 3.8) is 0 Å². The maximum Gasteiger partial charge on any atom is 0.0727 e. The van der Waals surface area contributed by atoms with Crippen LogP contribution in [0.3, 0.4) is 0 Å². The Morgan fingerprint density at radius 2 is 2.05 bits per heavy atom. The van der Waals surface area contributed by atoms with Crippen LogP contribution in [-0.4, -0.2) is 11.5 Å². The van der Waals surface area contributed by atoms with Crippen molar-refractivity contribution in [3.05, 3.63) is 35.0 Å². The fraction of sp³-hybridized carbons (Fsp3) is 0.471. The zero-order valence-corrected chi connectivity index (χ0v) is 12.7. The molecule has 1 saturated carbocycles. The number of nitrogens with zero attached hydrogens (tertiary/aromatic N) is 1. The Balaban J connectivity index is 2.06. The molecule has 20 heavy (non-hydrogen) atoms. The molecule has 0 atom stereocenters.